The number of aromatic amines is 1. The van der Waals surface area contributed by atoms with E-state index in [2.05, 4.69) is 38.3 Å². The van der Waals surface area contributed by atoms with Gasteiger partial charge in [0.25, 0.3) is 0 Å². The molecule has 0 amide bonds. The molecule has 0 saturated heterocycles. The van der Waals surface area contributed by atoms with Crippen LogP contribution in [0.4, 0.5) is 0 Å². The molecule has 3 nitrogen and oxygen atoms in total. The van der Waals surface area contributed by atoms with Crippen molar-refractivity contribution in [3.05, 3.63) is 40.0 Å². The third kappa shape index (κ3) is 1.58. The van der Waals surface area contributed by atoms with E-state index < -0.39 is 0 Å². The Labute approximate surface area is 102 Å². The average molecular weight is 278 g/mol. The van der Waals surface area contributed by atoms with Gasteiger partial charge in [-0.15, -0.1) is 0 Å². The van der Waals surface area contributed by atoms with Crippen molar-refractivity contribution < 1.29 is 0 Å². The molecule has 1 aliphatic rings. The second-order valence-corrected chi connectivity index (χ2v) is 5.12. The predicted molar refractivity (Wildman–Crippen MR) is 67.1 cm³/mol. The highest BCUT2D eigenvalue weighted by molar-refractivity contribution is 9.10. The van der Waals surface area contributed by atoms with Crippen molar-refractivity contribution in [1.29, 1.82) is 0 Å². The first kappa shape index (κ1) is 10.1. The molecule has 1 unspecified atom stereocenters. The zero-order valence-corrected chi connectivity index (χ0v) is 10.3. The van der Waals surface area contributed by atoms with Crippen molar-refractivity contribution in [2.45, 2.75) is 18.9 Å². The number of benzene rings is 1. The van der Waals surface area contributed by atoms with Gasteiger partial charge in [-0.3, -0.25) is 5.10 Å². The van der Waals surface area contributed by atoms with Crippen LogP contribution >= 0.6 is 15.9 Å². The van der Waals surface area contributed by atoms with Crippen LogP contribution in [-0.2, 0) is 12.8 Å². The van der Waals surface area contributed by atoms with E-state index in [4.69, 9.17) is 5.73 Å². The number of fused-ring (bicyclic) bond motifs is 1. The molecular formula is C12H12BrN3. The molecular weight excluding hydrogens is 266 g/mol. The maximum absolute atomic E-state index is 5.95. The molecule has 0 bridgehead atoms. The van der Waals surface area contributed by atoms with Crippen molar-refractivity contribution in [2.75, 3.05) is 0 Å². The lowest BCUT2D eigenvalue weighted by atomic mass is 10.1. The lowest BCUT2D eigenvalue weighted by Crippen LogP contribution is -2.19. The average Bonchev–Trinajstić information content (AvgIpc) is 2.76. The molecule has 1 atom stereocenters. The zero-order valence-electron chi connectivity index (χ0n) is 8.70. The SMILES string of the molecule is NC1Cc2[nH]nc(-c3cccc(Br)c3)c2C1. The van der Waals surface area contributed by atoms with E-state index >= 15 is 0 Å². The highest BCUT2D eigenvalue weighted by atomic mass is 79.9. The minimum atomic E-state index is 0.246. The summed E-state index contributed by atoms with van der Waals surface area (Å²) in [7, 11) is 0. The summed E-state index contributed by atoms with van der Waals surface area (Å²) in [6.45, 7) is 0. The number of nitrogens with two attached hydrogens (primary N) is 1. The Morgan fingerprint density at radius 3 is 3.06 bits per heavy atom. The first-order valence-corrected chi connectivity index (χ1v) is 6.11. The lowest BCUT2D eigenvalue weighted by Gasteiger charge is -2.02. The molecule has 0 fully saturated rings. The van der Waals surface area contributed by atoms with Crippen molar-refractivity contribution in [1.82, 2.24) is 10.2 Å². The molecule has 0 radical (unpaired) electrons. The number of aromatic nitrogens is 2. The lowest BCUT2D eigenvalue weighted by molar-refractivity contribution is 0.706. The highest BCUT2D eigenvalue weighted by Gasteiger charge is 2.24. The number of nitrogens with one attached hydrogen (secondary N) is 1. The van der Waals surface area contributed by atoms with Crippen LogP contribution in [0, 0.1) is 0 Å². The number of rotatable bonds is 1. The fraction of sp³-hybridized carbons (Fsp3) is 0.250. The molecule has 4 heteroatoms. The molecule has 16 heavy (non-hydrogen) atoms. The molecule has 0 saturated carbocycles. The van der Waals surface area contributed by atoms with Crippen LogP contribution < -0.4 is 5.73 Å². The van der Waals surface area contributed by atoms with E-state index in [1.807, 2.05) is 12.1 Å². The van der Waals surface area contributed by atoms with Gasteiger partial charge in [0.2, 0.25) is 0 Å². The van der Waals surface area contributed by atoms with Crippen LogP contribution in [0.5, 0.6) is 0 Å². The summed E-state index contributed by atoms with van der Waals surface area (Å²) >= 11 is 3.48. The first-order chi connectivity index (χ1) is 7.74. The Hall–Kier alpha value is -1.13. The smallest absolute Gasteiger partial charge is 0.0956 e. The third-order valence-corrected chi connectivity index (χ3v) is 3.48. The summed E-state index contributed by atoms with van der Waals surface area (Å²) in [5.41, 5.74) is 10.6. The van der Waals surface area contributed by atoms with Gasteiger partial charge in [-0.2, -0.15) is 5.10 Å². The third-order valence-electron chi connectivity index (χ3n) is 2.98. The Balaban J connectivity index is 2.08. The summed E-state index contributed by atoms with van der Waals surface area (Å²) in [6, 6.07) is 8.44. The second-order valence-electron chi connectivity index (χ2n) is 4.21. The molecule has 82 valence electrons. The van der Waals surface area contributed by atoms with Crippen LogP contribution in [0.15, 0.2) is 28.7 Å². The van der Waals surface area contributed by atoms with Crippen LogP contribution in [0.25, 0.3) is 11.3 Å². The zero-order chi connectivity index (χ0) is 11.1. The maximum Gasteiger partial charge on any atom is 0.0956 e. The summed E-state index contributed by atoms with van der Waals surface area (Å²) < 4.78 is 1.07. The Morgan fingerprint density at radius 1 is 1.38 bits per heavy atom. The molecule has 0 spiro atoms. The summed E-state index contributed by atoms with van der Waals surface area (Å²) in [4.78, 5) is 0. The topological polar surface area (TPSA) is 54.7 Å². The van der Waals surface area contributed by atoms with Gasteiger partial charge in [0, 0.05) is 33.8 Å². The van der Waals surface area contributed by atoms with Gasteiger partial charge in [-0.25, -0.2) is 0 Å². The molecule has 3 rings (SSSR count). The van der Waals surface area contributed by atoms with Crippen LogP contribution in [0.2, 0.25) is 0 Å². The minimum Gasteiger partial charge on any atom is -0.327 e. The van der Waals surface area contributed by atoms with Gasteiger partial charge in [0.1, 0.15) is 0 Å². The Morgan fingerprint density at radius 2 is 2.25 bits per heavy atom. The predicted octanol–water partition coefficient (Wildman–Crippen LogP) is 2.27. The Bertz CT molecular complexity index is 533. The first-order valence-electron chi connectivity index (χ1n) is 5.31. The molecule has 1 aromatic carbocycles. The molecule has 3 N–H and O–H groups in total. The number of halogens is 1. The van der Waals surface area contributed by atoms with E-state index in [9.17, 15) is 0 Å². The van der Waals surface area contributed by atoms with Gasteiger partial charge in [-0.05, 0) is 18.6 Å². The van der Waals surface area contributed by atoms with E-state index in [0.29, 0.717) is 0 Å². The van der Waals surface area contributed by atoms with E-state index in [-0.39, 0.29) is 6.04 Å². The largest absolute Gasteiger partial charge is 0.327 e. The minimum absolute atomic E-state index is 0.246. The molecule has 1 heterocycles. The van der Waals surface area contributed by atoms with Crippen molar-refractivity contribution in [2.24, 2.45) is 5.73 Å². The molecule has 0 aliphatic heterocycles. The van der Waals surface area contributed by atoms with E-state index in [1.54, 1.807) is 0 Å². The summed E-state index contributed by atoms with van der Waals surface area (Å²) in [5, 5.41) is 7.47. The van der Waals surface area contributed by atoms with Gasteiger partial charge < -0.3 is 5.73 Å². The van der Waals surface area contributed by atoms with Crippen LogP contribution in [-0.4, -0.2) is 16.2 Å². The van der Waals surface area contributed by atoms with Crippen molar-refractivity contribution in [3.8, 4) is 11.3 Å². The number of H-pyrrole nitrogens is 1. The second kappa shape index (κ2) is 3.71. The summed E-state index contributed by atoms with van der Waals surface area (Å²) in [6.07, 6.45) is 1.84. The van der Waals surface area contributed by atoms with E-state index in [0.717, 1.165) is 28.6 Å². The number of hydrogen-bond donors (Lipinski definition) is 2. The normalized spacial score (nSPS) is 18.8. The van der Waals surface area contributed by atoms with Crippen molar-refractivity contribution in [3.63, 3.8) is 0 Å². The van der Waals surface area contributed by atoms with Gasteiger partial charge in [0.05, 0.1) is 5.69 Å². The van der Waals surface area contributed by atoms with Crippen LogP contribution in [0.1, 0.15) is 11.3 Å². The fourth-order valence-electron chi connectivity index (χ4n) is 2.26. The Kier molecular flexibility index (Phi) is 2.33. The van der Waals surface area contributed by atoms with Gasteiger partial charge in [-0.1, -0.05) is 28.1 Å². The highest BCUT2D eigenvalue weighted by Crippen LogP contribution is 2.30. The van der Waals surface area contributed by atoms with Crippen molar-refractivity contribution >= 4 is 15.9 Å². The molecule has 2 aromatic rings. The molecule has 1 aliphatic carbocycles. The summed E-state index contributed by atoms with van der Waals surface area (Å²) in [5.74, 6) is 0. The van der Waals surface area contributed by atoms with E-state index in [1.165, 1.54) is 11.3 Å². The quantitative estimate of drug-likeness (QED) is 0.840. The number of nitrogens with zero attached hydrogens (tertiary/aromatic N) is 1. The number of hydrogen-bond acceptors (Lipinski definition) is 2. The van der Waals surface area contributed by atoms with Crippen LogP contribution in [0.3, 0.4) is 0 Å². The fourth-order valence-corrected chi connectivity index (χ4v) is 2.66. The maximum atomic E-state index is 5.95. The monoisotopic (exact) mass is 277 g/mol. The van der Waals surface area contributed by atoms with Gasteiger partial charge in [0.15, 0.2) is 0 Å². The standard InChI is InChI=1S/C12H12BrN3/c13-8-3-1-2-7(4-8)12-10-5-9(14)6-11(10)15-16-12/h1-4,9H,5-6,14H2,(H,15,16). The molecule has 1 aromatic heterocycles. The van der Waals surface area contributed by atoms with Gasteiger partial charge >= 0.3 is 0 Å².